The molecule has 0 saturated heterocycles. The van der Waals surface area contributed by atoms with Crippen LogP contribution in [0.3, 0.4) is 0 Å². The molecule has 0 bridgehead atoms. The molecular weight excluding hydrogens is 240 g/mol. The van der Waals surface area contributed by atoms with Crippen molar-refractivity contribution in [1.82, 2.24) is 5.32 Å². The number of thiocarbonyl (C=S) groups is 1. The zero-order valence-corrected chi connectivity index (χ0v) is 11.2. The van der Waals surface area contributed by atoms with Crippen molar-refractivity contribution < 1.29 is 0 Å². The first-order chi connectivity index (χ1) is 7.63. The van der Waals surface area contributed by atoms with Crippen LogP contribution in [-0.2, 0) is 0 Å². The van der Waals surface area contributed by atoms with Gasteiger partial charge in [-0.25, -0.2) is 0 Å². The zero-order valence-electron chi connectivity index (χ0n) is 9.64. The number of benzene rings is 1. The molecule has 0 heterocycles. The van der Waals surface area contributed by atoms with E-state index in [9.17, 15) is 0 Å². The summed E-state index contributed by atoms with van der Waals surface area (Å²) >= 11 is 11.2. The van der Waals surface area contributed by atoms with Crippen molar-refractivity contribution in [1.29, 1.82) is 0 Å². The maximum atomic E-state index is 6.05. The van der Waals surface area contributed by atoms with E-state index in [1.165, 1.54) is 0 Å². The topological polar surface area (TPSA) is 24.1 Å². The van der Waals surface area contributed by atoms with E-state index in [1.54, 1.807) is 0 Å². The Balaban J connectivity index is 2.52. The third kappa shape index (κ3) is 4.37. The van der Waals surface area contributed by atoms with Gasteiger partial charge in [0.2, 0.25) is 0 Å². The maximum absolute atomic E-state index is 6.05. The molecule has 0 radical (unpaired) electrons. The van der Waals surface area contributed by atoms with Crippen LogP contribution in [0.1, 0.15) is 25.3 Å². The Morgan fingerprint density at radius 1 is 1.44 bits per heavy atom. The fraction of sp³-hybridized carbons (Fsp3) is 0.417. The first-order valence-electron chi connectivity index (χ1n) is 5.44. The Morgan fingerprint density at radius 2 is 2.19 bits per heavy atom. The van der Waals surface area contributed by atoms with Gasteiger partial charge in [-0.1, -0.05) is 31.0 Å². The fourth-order valence-corrected chi connectivity index (χ4v) is 1.66. The van der Waals surface area contributed by atoms with Crippen LogP contribution in [0, 0.1) is 6.92 Å². The molecule has 1 rings (SSSR count). The Kier molecular flexibility index (Phi) is 5.56. The Labute approximate surface area is 107 Å². The van der Waals surface area contributed by atoms with E-state index in [0.29, 0.717) is 10.1 Å². The van der Waals surface area contributed by atoms with Crippen LogP contribution < -0.4 is 10.6 Å². The van der Waals surface area contributed by atoms with Gasteiger partial charge in [0.25, 0.3) is 0 Å². The summed E-state index contributed by atoms with van der Waals surface area (Å²) in [4.78, 5) is 0. The molecule has 4 heteroatoms. The molecule has 0 aromatic heterocycles. The Bertz CT molecular complexity index is 366. The average molecular weight is 257 g/mol. The molecule has 0 atom stereocenters. The lowest BCUT2D eigenvalue weighted by Crippen LogP contribution is -2.29. The van der Waals surface area contributed by atoms with E-state index in [4.69, 9.17) is 23.8 Å². The minimum atomic E-state index is 0.626. The normalized spacial score (nSPS) is 9.94. The lowest BCUT2D eigenvalue weighted by Gasteiger charge is -2.11. The number of hydrogen-bond acceptors (Lipinski definition) is 1. The van der Waals surface area contributed by atoms with Crippen LogP contribution in [0.4, 0.5) is 5.69 Å². The van der Waals surface area contributed by atoms with Crippen LogP contribution in [0.15, 0.2) is 18.2 Å². The van der Waals surface area contributed by atoms with Gasteiger partial charge in [0.1, 0.15) is 0 Å². The molecule has 0 aliphatic rings. The van der Waals surface area contributed by atoms with Crippen LogP contribution in [-0.4, -0.2) is 11.7 Å². The second-order valence-electron chi connectivity index (χ2n) is 3.72. The van der Waals surface area contributed by atoms with Crippen LogP contribution in [0.2, 0.25) is 5.02 Å². The number of aryl methyl sites for hydroxylation is 1. The molecule has 88 valence electrons. The molecule has 2 N–H and O–H groups in total. The van der Waals surface area contributed by atoms with Crippen molar-refractivity contribution in [3.05, 3.63) is 28.8 Å². The highest BCUT2D eigenvalue weighted by molar-refractivity contribution is 7.80. The van der Waals surface area contributed by atoms with E-state index >= 15 is 0 Å². The van der Waals surface area contributed by atoms with Crippen molar-refractivity contribution in [2.45, 2.75) is 26.7 Å². The maximum Gasteiger partial charge on any atom is 0.170 e. The molecule has 0 aliphatic carbocycles. The van der Waals surface area contributed by atoms with Gasteiger partial charge < -0.3 is 10.6 Å². The second-order valence-corrected chi connectivity index (χ2v) is 4.53. The minimum Gasteiger partial charge on any atom is -0.362 e. The molecule has 0 spiro atoms. The monoisotopic (exact) mass is 256 g/mol. The number of rotatable bonds is 4. The van der Waals surface area contributed by atoms with Gasteiger partial charge >= 0.3 is 0 Å². The zero-order chi connectivity index (χ0) is 12.0. The minimum absolute atomic E-state index is 0.626. The van der Waals surface area contributed by atoms with Gasteiger partial charge in [0, 0.05) is 6.54 Å². The number of halogens is 1. The van der Waals surface area contributed by atoms with E-state index in [1.807, 2.05) is 25.1 Å². The van der Waals surface area contributed by atoms with Crippen LogP contribution in [0.5, 0.6) is 0 Å². The van der Waals surface area contributed by atoms with Gasteiger partial charge in [-0.05, 0) is 43.3 Å². The largest absolute Gasteiger partial charge is 0.362 e. The molecule has 0 unspecified atom stereocenters. The summed E-state index contributed by atoms with van der Waals surface area (Å²) in [6.45, 7) is 5.07. The van der Waals surface area contributed by atoms with Crippen molar-refractivity contribution in [3.63, 3.8) is 0 Å². The van der Waals surface area contributed by atoms with Gasteiger partial charge in [-0.3, -0.25) is 0 Å². The summed E-state index contributed by atoms with van der Waals surface area (Å²) in [6.07, 6.45) is 2.27. The summed E-state index contributed by atoms with van der Waals surface area (Å²) in [5, 5.41) is 7.55. The quantitative estimate of drug-likeness (QED) is 0.634. The number of nitrogens with one attached hydrogen (secondary N) is 2. The van der Waals surface area contributed by atoms with E-state index in [0.717, 1.165) is 30.6 Å². The fourth-order valence-electron chi connectivity index (χ4n) is 1.28. The molecule has 0 amide bonds. The molecule has 0 aliphatic heterocycles. The summed E-state index contributed by atoms with van der Waals surface area (Å²) in [7, 11) is 0. The summed E-state index contributed by atoms with van der Waals surface area (Å²) in [5.74, 6) is 0. The van der Waals surface area contributed by atoms with Gasteiger partial charge in [0.15, 0.2) is 5.11 Å². The average Bonchev–Trinajstić information content (AvgIpc) is 2.24. The highest BCUT2D eigenvalue weighted by atomic mass is 35.5. The summed E-state index contributed by atoms with van der Waals surface area (Å²) in [6, 6.07) is 5.82. The van der Waals surface area contributed by atoms with E-state index in [2.05, 4.69) is 17.6 Å². The second kappa shape index (κ2) is 6.71. The Morgan fingerprint density at radius 3 is 2.88 bits per heavy atom. The van der Waals surface area contributed by atoms with E-state index < -0.39 is 0 Å². The number of hydrogen-bond donors (Lipinski definition) is 2. The predicted molar refractivity (Wildman–Crippen MR) is 75.3 cm³/mol. The first-order valence-corrected chi connectivity index (χ1v) is 6.23. The van der Waals surface area contributed by atoms with Crippen molar-refractivity contribution in [2.24, 2.45) is 0 Å². The highest BCUT2D eigenvalue weighted by Crippen LogP contribution is 2.22. The number of anilines is 1. The third-order valence-electron chi connectivity index (χ3n) is 2.19. The highest BCUT2D eigenvalue weighted by Gasteiger charge is 2.02. The van der Waals surface area contributed by atoms with Gasteiger partial charge in [-0.15, -0.1) is 0 Å². The van der Waals surface area contributed by atoms with Gasteiger partial charge in [0.05, 0.1) is 10.7 Å². The standard InChI is InChI=1S/C12H17ClN2S/c1-3-4-7-14-12(16)15-11-8-9(2)5-6-10(11)13/h5-6,8H,3-4,7H2,1-2H3,(H2,14,15,16). The lowest BCUT2D eigenvalue weighted by molar-refractivity contribution is 0.758. The van der Waals surface area contributed by atoms with Crippen LogP contribution >= 0.6 is 23.8 Å². The lowest BCUT2D eigenvalue weighted by atomic mass is 10.2. The third-order valence-corrected chi connectivity index (χ3v) is 2.76. The predicted octanol–water partition coefficient (Wildman–Crippen LogP) is 3.73. The summed E-state index contributed by atoms with van der Waals surface area (Å²) < 4.78 is 0. The first kappa shape index (κ1) is 13.3. The van der Waals surface area contributed by atoms with Crippen molar-refractivity contribution in [2.75, 3.05) is 11.9 Å². The molecular formula is C12H17ClN2S. The Hall–Kier alpha value is -0.800. The van der Waals surface area contributed by atoms with Crippen molar-refractivity contribution >= 4 is 34.6 Å². The molecule has 0 saturated carbocycles. The molecule has 1 aromatic rings. The molecule has 0 fully saturated rings. The van der Waals surface area contributed by atoms with Gasteiger partial charge in [-0.2, -0.15) is 0 Å². The number of unbranched alkanes of at least 4 members (excludes halogenated alkanes) is 1. The van der Waals surface area contributed by atoms with E-state index in [-0.39, 0.29) is 0 Å². The molecule has 2 nitrogen and oxygen atoms in total. The smallest absolute Gasteiger partial charge is 0.170 e. The van der Waals surface area contributed by atoms with Crippen LogP contribution in [0.25, 0.3) is 0 Å². The summed E-state index contributed by atoms with van der Waals surface area (Å²) in [5.41, 5.74) is 2.01. The molecule has 1 aromatic carbocycles. The van der Waals surface area contributed by atoms with Crippen molar-refractivity contribution in [3.8, 4) is 0 Å². The SMILES string of the molecule is CCCCNC(=S)Nc1cc(C)ccc1Cl. The molecule has 16 heavy (non-hydrogen) atoms.